The van der Waals surface area contributed by atoms with Gasteiger partial charge in [-0.3, -0.25) is 0 Å². The number of hydrogen-bond acceptors (Lipinski definition) is 2. The highest BCUT2D eigenvalue weighted by molar-refractivity contribution is 6.30. The molecule has 2 aromatic rings. The first-order chi connectivity index (χ1) is 13.6. The molecule has 0 radical (unpaired) electrons. The molecule has 1 saturated heterocycles. The Hall–Kier alpha value is -1.51. The van der Waals surface area contributed by atoms with Crippen LogP contribution in [0.1, 0.15) is 52.5 Å². The van der Waals surface area contributed by atoms with Crippen LogP contribution in [-0.4, -0.2) is 31.1 Å². The molecule has 1 fully saturated rings. The van der Waals surface area contributed by atoms with Crippen LogP contribution < -0.4 is 5.32 Å². The van der Waals surface area contributed by atoms with Crippen molar-refractivity contribution < 1.29 is 0 Å². The molecule has 2 aromatic carbocycles. The maximum atomic E-state index is 6.08. The fourth-order valence-electron chi connectivity index (χ4n) is 4.03. The van der Waals surface area contributed by atoms with Crippen molar-refractivity contribution in [3.63, 3.8) is 0 Å². The van der Waals surface area contributed by atoms with Crippen LogP contribution in [0.15, 0.2) is 54.6 Å². The van der Waals surface area contributed by atoms with E-state index in [4.69, 9.17) is 11.6 Å². The average Bonchev–Trinajstić information content (AvgIpc) is 2.75. The zero-order valence-electron chi connectivity index (χ0n) is 18.0. The number of piperidine rings is 1. The minimum atomic E-state index is 0.180. The number of benzene rings is 2. The van der Waals surface area contributed by atoms with Crippen molar-refractivity contribution in [2.45, 2.75) is 52.4 Å². The zero-order chi connectivity index (χ0) is 20.4. The maximum Gasteiger partial charge on any atom is 0.0406 e. The van der Waals surface area contributed by atoms with Gasteiger partial charge in [-0.2, -0.15) is 0 Å². The lowest BCUT2D eigenvalue weighted by Crippen LogP contribution is -2.45. The van der Waals surface area contributed by atoms with Crippen LogP contribution in [0, 0.1) is 5.92 Å². The normalized spacial score (nSPS) is 19.2. The molecular formula is C25H37ClN2. The van der Waals surface area contributed by atoms with Crippen molar-refractivity contribution in [2.75, 3.05) is 31.5 Å². The van der Waals surface area contributed by atoms with Crippen LogP contribution in [-0.2, 0) is 5.41 Å². The number of hydrogen-bond donors (Lipinski definition) is 1. The molecule has 0 saturated carbocycles. The second-order valence-electron chi connectivity index (χ2n) is 7.91. The molecule has 2 atom stereocenters. The number of likely N-dealkylation sites (tertiary alicyclic amines) is 1. The van der Waals surface area contributed by atoms with Crippen LogP contribution in [0.2, 0.25) is 5.02 Å². The molecule has 1 aliphatic heterocycles. The predicted molar refractivity (Wildman–Crippen MR) is 125 cm³/mol. The summed E-state index contributed by atoms with van der Waals surface area (Å²) in [7, 11) is 0. The molecule has 3 rings (SSSR count). The van der Waals surface area contributed by atoms with Crippen LogP contribution in [0.5, 0.6) is 0 Å². The quantitative estimate of drug-likeness (QED) is 0.546. The van der Waals surface area contributed by atoms with Gasteiger partial charge < -0.3 is 10.2 Å². The van der Waals surface area contributed by atoms with Gasteiger partial charge in [-0.15, -0.1) is 0 Å². The number of anilines is 1. The van der Waals surface area contributed by atoms with Gasteiger partial charge in [-0.25, -0.2) is 0 Å². The molecule has 0 bridgehead atoms. The van der Waals surface area contributed by atoms with E-state index in [0.717, 1.165) is 30.5 Å². The highest BCUT2D eigenvalue weighted by Crippen LogP contribution is 2.31. The van der Waals surface area contributed by atoms with Crippen molar-refractivity contribution in [1.29, 1.82) is 0 Å². The van der Waals surface area contributed by atoms with Gasteiger partial charge in [0.1, 0.15) is 0 Å². The van der Waals surface area contributed by atoms with Gasteiger partial charge in [0.05, 0.1) is 0 Å². The van der Waals surface area contributed by atoms with Gasteiger partial charge in [0.15, 0.2) is 0 Å². The standard InChI is InChI=1S/C23H31ClN2.C2H6/c1-3-23(2,20-11-13-21(24)14-12-20)18-26-15-7-8-19(17-26)16-25-22-9-5-4-6-10-22;1-2/h4-6,9-14,19,25H,3,7-8,15-18H2,1-2H3;1-2H3. The number of para-hydroxylation sites is 1. The third-order valence-electron chi connectivity index (χ3n) is 5.87. The van der Waals surface area contributed by atoms with E-state index < -0.39 is 0 Å². The Kier molecular flexibility index (Phi) is 9.34. The zero-order valence-corrected chi connectivity index (χ0v) is 18.8. The van der Waals surface area contributed by atoms with Crippen molar-refractivity contribution in [3.8, 4) is 0 Å². The first-order valence-electron chi connectivity index (χ1n) is 10.9. The van der Waals surface area contributed by atoms with Gasteiger partial charge in [0.2, 0.25) is 0 Å². The lowest BCUT2D eigenvalue weighted by Gasteiger charge is -2.40. The van der Waals surface area contributed by atoms with E-state index in [1.54, 1.807) is 0 Å². The van der Waals surface area contributed by atoms with E-state index in [1.165, 1.54) is 37.2 Å². The summed E-state index contributed by atoms with van der Waals surface area (Å²) in [6.07, 6.45) is 3.75. The second-order valence-corrected chi connectivity index (χ2v) is 8.35. The van der Waals surface area contributed by atoms with Gasteiger partial charge in [-0.05, 0) is 61.6 Å². The largest absolute Gasteiger partial charge is 0.385 e. The Balaban J connectivity index is 0.00000136. The SMILES string of the molecule is CC.CCC(C)(CN1CCCC(CNc2ccccc2)C1)c1ccc(Cl)cc1. The van der Waals surface area contributed by atoms with E-state index in [1.807, 2.05) is 26.0 Å². The summed E-state index contributed by atoms with van der Waals surface area (Å²) in [4.78, 5) is 2.67. The topological polar surface area (TPSA) is 15.3 Å². The third kappa shape index (κ3) is 6.53. The summed E-state index contributed by atoms with van der Waals surface area (Å²) < 4.78 is 0. The van der Waals surface area contributed by atoms with Crippen LogP contribution in [0.3, 0.4) is 0 Å². The number of nitrogens with zero attached hydrogens (tertiary/aromatic N) is 1. The molecule has 1 N–H and O–H groups in total. The summed E-state index contributed by atoms with van der Waals surface area (Å²) >= 11 is 6.08. The first kappa shape index (κ1) is 22.8. The summed E-state index contributed by atoms with van der Waals surface area (Å²) in [6.45, 7) is 13.3. The Morgan fingerprint density at radius 1 is 1.07 bits per heavy atom. The smallest absolute Gasteiger partial charge is 0.0406 e. The number of nitrogens with one attached hydrogen (secondary N) is 1. The molecule has 0 aliphatic carbocycles. The predicted octanol–water partition coefficient (Wildman–Crippen LogP) is 6.86. The van der Waals surface area contributed by atoms with Gasteiger partial charge in [-0.1, -0.05) is 69.6 Å². The molecule has 2 nitrogen and oxygen atoms in total. The molecule has 2 unspecified atom stereocenters. The van der Waals surface area contributed by atoms with Crippen molar-refractivity contribution >= 4 is 17.3 Å². The van der Waals surface area contributed by atoms with Crippen molar-refractivity contribution in [2.24, 2.45) is 5.92 Å². The average molecular weight is 401 g/mol. The molecule has 3 heteroatoms. The van der Waals surface area contributed by atoms with Crippen molar-refractivity contribution in [1.82, 2.24) is 4.90 Å². The van der Waals surface area contributed by atoms with E-state index in [9.17, 15) is 0 Å². The van der Waals surface area contributed by atoms with Crippen LogP contribution in [0.25, 0.3) is 0 Å². The summed E-state index contributed by atoms with van der Waals surface area (Å²) in [5.74, 6) is 0.718. The monoisotopic (exact) mass is 400 g/mol. The lowest BCUT2D eigenvalue weighted by atomic mass is 9.79. The summed E-state index contributed by atoms with van der Waals surface area (Å²) in [5, 5.41) is 4.43. The Bertz CT molecular complexity index is 671. The summed E-state index contributed by atoms with van der Waals surface area (Å²) in [5.41, 5.74) is 2.80. The third-order valence-corrected chi connectivity index (χ3v) is 6.12. The number of rotatable bonds is 7. The molecule has 0 amide bonds. The molecule has 0 aromatic heterocycles. The minimum Gasteiger partial charge on any atom is -0.385 e. The molecule has 1 heterocycles. The Labute approximate surface area is 177 Å². The maximum absolute atomic E-state index is 6.08. The fourth-order valence-corrected chi connectivity index (χ4v) is 4.16. The van der Waals surface area contributed by atoms with Gasteiger partial charge >= 0.3 is 0 Å². The van der Waals surface area contributed by atoms with E-state index in [2.05, 4.69) is 66.5 Å². The molecule has 28 heavy (non-hydrogen) atoms. The number of halogens is 1. The highest BCUT2D eigenvalue weighted by atomic mass is 35.5. The summed E-state index contributed by atoms with van der Waals surface area (Å²) in [6, 6.07) is 19.0. The highest BCUT2D eigenvalue weighted by Gasteiger charge is 2.30. The van der Waals surface area contributed by atoms with Crippen LogP contribution >= 0.6 is 11.6 Å². The lowest BCUT2D eigenvalue weighted by molar-refractivity contribution is 0.145. The first-order valence-corrected chi connectivity index (χ1v) is 11.2. The minimum absolute atomic E-state index is 0.180. The van der Waals surface area contributed by atoms with Crippen LogP contribution in [0.4, 0.5) is 5.69 Å². The van der Waals surface area contributed by atoms with Gasteiger partial charge in [0, 0.05) is 35.8 Å². The van der Waals surface area contributed by atoms with Crippen molar-refractivity contribution in [3.05, 3.63) is 65.2 Å². The fraction of sp³-hybridized carbons (Fsp3) is 0.520. The molecule has 154 valence electrons. The van der Waals surface area contributed by atoms with E-state index in [-0.39, 0.29) is 5.41 Å². The second kappa shape index (κ2) is 11.5. The van der Waals surface area contributed by atoms with E-state index >= 15 is 0 Å². The molecule has 1 aliphatic rings. The molecular weight excluding hydrogens is 364 g/mol. The van der Waals surface area contributed by atoms with Gasteiger partial charge in [0.25, 0.3) is 0 Å². The Morgan fingerprint density at radius 3 is 2.39 bits per heavy atom. The molecule has 0 spiro atoms. The Morgan fingerprint density at radius 2 is 1.75 bits per heavy atom. The van der Waals surface area contributed by atoms with E-state index in [0.29, 0.717) is 0 Å².